The van der Waals surface area contributed by atoms with Crippen LogP contribution in [0, 0.1) is 0 Å². The lowest BCUT2D eigenvalue weighted by molar-refractivity contribution is 0.0693. The third-order valence-electron chi connectivity index (χ3n) is 2.12. The maximum atomic E-state index is 11.7. The van der Waals surface area contributed by atoms with Crippen molar-refractivity contribution in [2.45, 2.75) is 20.0 Å². The molecule has 0 bridgehead atoms. The van der Waals surface area contributed by atoms with E-state index in [1.165, 1.54) is 6.20 Å². The van der Waals surface area contributed by atoms with E-state index in [1.54, 1.807) is 13.2 Å². The highest BCUT2D eigenvalue weighted by molar-refractivity contribution is 5.92. The van der Waals surface area contributed by atoms with Crippen LogP contribution in [0.15, 0.2) is 12.4 Å². The van der Waals surface area contributed by atoms with Crippen molar-refractivity contribution in [3.8, 4) is 0 Å². The van der Waals surface area contributed by atoms with Crippen molar-refractivity contribution in [1.29, 1.82) is 0 Å². The molecule has 1 unspecified atom stereocenters. The van der Waals surface area contributed by atoms with Crippen LogP contribution >= 0.6 is 0 Å². The first-order chi connectivity index (χ1) is 8.17. The van der Waals surface area contributed by atoms with Crippen molar-refractivity contribution in [2.24, 2.45) is 0 Å². The number of carbonyl (C=O) groups excluding carboxylic acids is 1. The zero-order valence-corrected chi connectivity index (χ0v) is 10.4. The Kier molecular flexibility index (Phi) is 5.35. The molecule has 0 aromatic carbocycles. The molecule has 0 aliphatic rings. The maximum absolute atomic E-state index is 11.7. The van der Waals surface area contributed by atoms with E-state index in [1.807, 2.05) is 13.8 Å². The van der Waals surface area contributed by atoms with Crippen molar-refractivity contribution in [3.05, 3.63) is 18.1 Å². The summed E-state index contributed by atoms with van der Waals surface area (Å²) in [5.74, 6) is 0.316. The lowest BCUT2D eigenvalue weighted by Crippen LogP contribution is -2.32. The fourth-order valence-electron chi connectivity index (χ4n) is 1.27. The molecule has 2 N–H and O–H groups in total. The van der Waals surface area contributed by atoms with E-state index in [2.05, 4.69) is 20.6 Å². The second kappa shape index (κ2) is 6.80. The number of ether oxygens (including phenoxy) is 1. The molecule has 0 saturated carbocycles. The minimum absolute atomic E-state index is 0.00982. The minimum atomic E-state index is -0.249. The molecule has 1 heterocycles. The van der Waals surface area contributed by atoms with Crippen LogP contribution < -0.4 is 10.6 Å². The Labute approximate surface area is 101 Å². The Morgan fingerprint density at radius 3 is 2.94 bits per heavy atom. The molecular formula is C11H18N4O2. The summed E-state index contributed by atoms with van der Waals surface area (Å²) in [7, 11) is 1.73. The highest BCUT2D eigenvalue weighted by atomic mass is 16.5. The molecule has 94 valence electrons. The number of anilines is 1. The average Bonchev–Trinajstić information content (AvgIpc) is 2.36. The summed E-state index contributed by atoms with van der Waals surface area (Å²) in [6, 6.07) is 0. The van der Waals surface area contributed by atoms with E-state index in [0.717, 1.165) is 0 Å². The van der Waals surface area contributed by atoms with Gasteiger partial charge in [0.2, 0.25) is 0 Å². The summed E-state index contributed by atoms with van der Waals surface area (Å²) < 4.78 is 5.31. The highest BCUT2D eigenvalue weighted by Crippen LogP contribution is 2.00. The summed E-state index contributed by atoms with van der Waals surface area (Å²) in [5.41, 5.74) is 0.292. The largest absolute Gasteiger partial charge is 0.377 e. The topological polar surface area (TPSA) is 76.1 Å². The molecule has 1 atom stereocenters. The molecular weight excluding hydrogens is 220 g/mol. The van der Waals surface area contributed by atoms with Crippen molar-refractivity contribution < 1.29 is 9.53 Å². The third-order valence-corrected chi connectivity index (χ3v) is 2.12. The normalized spacial score (nSPS) is 11.9. The third kappa shape index (κ3) is 4.36. The molecule has 0 saturated heterocycles. The van der Waals surface area contributed by atoms with E-state index in [4.69, 9.17) is 4.74 Å². The van der Waals surface area contributed by atoms with Crippen LogP contribution in [-0.4, -0.2) is 42.2 Å². The molecule has 0 aliphatic heterocycles. The number of hydrogen-bond acceptors (Lipinski definition) is 5. The average molecular weight is 238 g/mol. The molecule has 6 nitrogen and oxygen atoms in total. The van der Waals surface area contributed by atoms with Gasteiger partial charge in [-0.2, -0.15) is 0 Å². The van der Waals surface area contributed by atoms with Gasteiger partial charge in [-0.3, -0.25) is 9.78 Å². The SMILES string of the molecule is CCOC(C)CNC(=O)c1cncc(NC)n1. The molecule has 1 aromatic rings. The highest BCUT2D eigenvalue weighted by Gasteiger charge is 2.09. The number of amides is 1. The van der Waals surface area contributed by atoms with E-state index >= 15 is 0 Å². The number of nitrogens with zero attached hydrogens (tertiary/aromatic N) is 2. The van der Waals surface area contributed by atoms with Gasteiger partial charge in [-0.25, -0.2) is 4.98 Å². The number of rotatable bonds is 6. The zero-order valence-electron chi connectivity index (χ0n) is 10.4. The van der Waals surface area contributed by atoms with Gasteiger partial charge in [0.05, 0.1) is 18.5 Å². The maximum Gasteiger partial charge on any atom is 0.271 e. The first kappa shape index (κ1) is 13.4. The lowest BCUT2D eigenvalue weighted by Gasteiger charge is -2.12. The number of aromatic nitrogens is 2. The van der Waals surface area contributed by atoms with Gasteiger partial charge in [-0.15, -0.1) is 0 Å². The summed E-state index contributed by atoms with van der Waals surface area (Å²) in [4.78, 5) is 19.7. The minimum Gasteiger partial charge on any atom is -0.377 e. The molecule has 1 rings (SSSR count). The van der Waals surface area contributed by atoms with Gasteiger partial charge < -0.3 is 15.4 Å². The van der Waals surface area contributed by atoms with Crippen LogP contribution in [-0.2, 0) is 4.74 Å². The van der Waals surface area contributed by atoms with Gasteiger partial charge in [-0.1, -0.05) is 0 Å². The summed E-state index contributed by atoms with van der Waals surface area (Å²) >= 11 is 0. The van der Waals surface area contributed by atoms with Crippen molar-refractivity contribution in [3.63, 3.8) is 0 Å². The van der Waals surface area contributed by atoms with E-state index in [-0.39, 0.29) is 12.0 Å². The van der Waals surface area contributed by atoms with E-state index < -0.39 is 0 Å². The Balaban J connectivity index is 2.51. The van der Waals surface area contributed by atoms with Crippen LogP contribution in [0.4, 0.5) is 5.82 Å². The molecule has 17 heavy (non-hydrogen) atoms. The van der Waals surface area contributed by atoms with Gasteiger partial charge in [0.1, 0.15) is 11.5 Å². The number of nitrogens with one attached hydrogen (secondary N) is 2. The van der Waals surface area contributed by atoms with Crippen LogP contribution in [0.1, 0.15) is 24.3 Å². The second-order valence-corrected chi connectivity index (χ2v) is 3.52. The Bertz CT molecular complexity index is 370. The van der Waals surface area contributed by atoms with Crippen LogP contribution in [0.5, 0.6) is 0 Å². The molecule has 1 aromatic heterocycles. The van der Waals surface area contributed by atoms with Gasteiger partial charge in [0, 0.05) is 20.2 Å². The predicted octanol–water partition coefficient (Wildman–Crippen LogP) is 0.673. The summed E-state index contributed by atoms with van der Waals surface area (Å²) in [5, 5.41) is 5.57. The van der Waals surface area contributed by atoms with Gasteiger partial charge in [0.15, 0.2) is 0 Å². The number of hydrogen-bond donors (Lipinski definition) is 2. The second-order valence-electron chi connectivity index (χ2n) is 3.52. The molecule has 0 fully saturated rings. The van der Waals surface area contributed by atoms with Gasteiger partial charge >= 0.3 is 0 Å². The van der Waals surface area contributed by atoms with Gasteiger partial charge in [0.25, 0.3) is 5.91 Å². The molecule has 1 amide bonds. The summed E-state index contributed by atoms with van der Waals surface area (Å²) in [6.45, 7) is 4.91. The van der Waals surface area contributed by atoms with Crippen LogP contribution in [0.25, 0.3) is 0 Å². The molecule has 0 aliphatic carbocycles. The monoisotopic (exact) mass is 238 g/mol. The Hall–Kier alpha value is -1.69. The first-order valence-electron chi connectivity index (χ1n) is 5.57. The lowest BCUT2D eigenvalue weighted by atomic mass is 10.3. The fourth-order valence-corrected chi connectivity index (χ4v) is 1.27. The molecule has 6 heteroatoms. The molecule has 0 radical (unpaired) electrons. The van der Waals surface area contributed by atoms with Crippen molar-refractivity contribution in [1.82, 2.24) is 15.3 Å². The number of carbonyl (C=O) groups is 1. The van der Waals surface area contributed by atoms with Crippen molar-refractivity contribution in [2.75, 3.05) is 25.5 Å². The Morgan fingerprint density at radius 1 is 1.53 bits per heavy atom. The fraction of sp³-hybridized carbons (Fsp3) is 0.545. The first-order valence-corrected chi connectivity index (χ1v) is 5.57. The van der Waals surface area contributed by atoms with Crippen LogP contribution in [0.2, 0.25) is 0 Å². The van der Waals surface area contributed by atoms with E-state index in [0.29, 0.717) is 24.7 Å². The van der Waals surface area contributed by atoms with E-state index in [9.17, 15) is 4.79 Å². The summed E-state index contributed by atoms with van der Waals surface area (Å²) in [6.07, 6.45) is 2.98. The Morgan fingerprint density at radius 2 is 2.29 bits per heavy atom. The van der Waals surface area contributed by atoms with Crippen molar-refractivity contribution >= 4 is 11.7 Å². The smallest absolute Gasteiger partial charge is 0.271 e. The quantitative estimate of drug-likeness (QED) is 0.762. The van der Waals surface area contributed by atoms with Crippen LogP contribution in [0.3, 0.4) is 0 Å². The molecule has 0 spiro atoms. The zero-order chi connectivity index (χ0) is 12.7. The predicted molar refractivity (Wildman–Crippen MR) is 65.0 cm³/mol. The van der Waals surface area contributed by atoms with Gasteiger partial charge in [-0.05, 0) is 13.8 Å². The standard InChI is InChI=1S/C11H18N4O2/c1-4-17-8(2)5-14-11(16)9-6-13-7-10(12-3)15-9/h6-8H,4-5H2,1-3H3,(H,12,15)(H,14,16).